The van der Waals surface area contributed by atoms with Gasteiger partial charge in [0.05, 0.1) is 5.39 Å². The van der Waals surface area contributed by atoms with Gasteiger partial charge < -0.3 is 14.8 Å². The summed E-state index contributed by atoms with van der Waals surface area (Å²) in [6.45, 7) is 7.78. The Morgan fingerprint density at radius 1 is 1.36 bits per heavy atom. The van der Waals surface area contributed by atoms with E-state index < -0.39 is 0 Å². The van der Waals surface area contributed by atoms with Crippen molar-refractivity contribution in [3.8, 4) is 0 Å². The van der Waals surface area contributed by atoms with Crippen LogP contribution in [0, 0.1) is 0 Å². The lowest BCUT2D eigenvalue weighted by atomic mass is 9.89. The summed E-state index contributed by atoms with van der Waals surface area (Å²) in [7, 11) is 2.28. The van der Waals surface area contributed by atoms with Crippen LogP contribution in [0.5, 0.6) is 0 Å². The second-order valence-electron chi connectivity index (χ2n) is 6.37. The minimum atomic E-state index is 0.373. The molecule has 5 heteroatoms. The van der Waals surface area contributed by atoms with E-state index in [0.717, 1.165) is 29.9 Å². The number of hydrogen-bond donors (Lipinski definition) is 1. The highest BCUT2D eigenvalue weighted by atomic mass is 15.2. The first-order chi connectivity index (χ1) is 10.7. The van der Waals surface area contributed by atoms with E-state index in [1.807, 2.05) is 6.20 Å². The van der Waals surface area contributed by atoms with Crippen LogP contribution < -0.4 is 4.90 Å². The van der Waals surface area contributed by atoms with Crippen molar-refractivity contribution in [3.63, 3.8) is 0 Å². The average molecular weight is 301 g/mol. The fourth-order valence-corrected chi connectivity index (χ4v) is 3.88. The van der Waals surface area contributed by atoms with Crippen molar-refractivity contribution >= 4 is 16.9 Å². The quantitative estimate of drug-likeness (QED) is 0.891. The fourth-order valence-electron chi connectivity index (χ4n) is 3.88. The summed E-state index contributed by atoms with van der Waals surface area (Å²) in [6, 6.07) is 2.07. The molecule has 1 unspecified atom stereocenters. The third-order valence-electron chi connectivity index (χ3n) is 5.46. The third kappa shape index (κ3) is 2.58. The van der Waals surface area contributed by atoms with Gasteiger partial charge in [0.25, 0.3) is 0 Å². The topological polar surface area (TPSA) is 48.1 Å². The van der Waals surface area contributed by atoms with Gasteiger partial charge in [0.15, 0.2) is 0 Å². The smallest absolute Gasteiger partial charge is 0.142 e. The number of hydrogen-bond acceptors (Lipinski definition) is 4. The summed E-state index contributed by atoms with van der Waals surface area (Å²) >= 11 is 0. The van der Waals surface area contributed by atoms with Gasteiger partial charge in [-0.15, -0.1) is 0 Å². The molecule has 1 N–H and O–H groups in total. The van der Waals surface area contributed by atoms with Crippen LogP contribution >= 0.6 is 0 Å². The molecule has 3 rings (SSSR count). The minimum Gasteiger partial charge on any atom is -0.356 e. The maximum Gasteiger partial charge on any atom is 0.142 e. The van der Waals surface area contributed by atoms with Crippen molar-refractivity contribution in [2.45, 2.75) is 45.1 Å². The number of fused-ring (bicyclic) bond motifs is 1. The summed E-state index contributed by atoms with van der Waals surface area (Å²) in [5, 5.41) is 1.12. The monoisotopic (exact) mass is 301 g/mol. The van der Waals surface area contributed by atoms with E-state index in [1.54, 1.807) is 6.33 Å². The Labute approximate surface area is 132 Å². The Morgan fingerprint density at radius 3 is 2.91 bits per heavy atom. The molecule has 22 heavy (non-hydrogen) atoms. The van der Waals surface area contributed by atoms with Crippen LogP contribution in [0.2, 0.25) is 0 Å². The van der Waals surface area contributed by atoms with E-state index in [0.29, 0.717) is 5.54 Å². The Hall–Kier alpha value is -1.62. The minimum absolute atomic E-state index is 0.373. The molecule has 3 heterocycles. The van der Waals surface area contributed by atoms with Gasteiger partial charge >= 0.3 is 0 Å². The molecule has 1 atom stereocenters. The first kappa shape index (κ1) is 15.3. The van der Waals surface area contributed by atoms with E-state index in [9.17, 15) is 0 Å². The lowest BCUT2D eigenvalue weighted by molar-refractivity contribution is 0.156. The van der Waals surface area contributed by atoms with Gasteiger partial charge in [-0.3, -0.25) is 0 Å². The van der Waals surface area contributed by atoms with Gasteiger partial charge in [-0.1, -0.05) is 6.92 Å². The van der Waals surface area contributed by atoms with Gasteiger partial charge in [-0.25, -0.2) is 9.97 Å². The molecule has 0 aliphatic carbocycles. The Bertz CT molecular complexity index is 622. The second kappa shape index (κ2) is 6.24. The van der Waals surface area contributed by atoms with Crippen LogP contribution in [0.25, 0.3) is 11.0 Å². The van der Waals surface area contributed by atoms with Crippen molar-refractivity contribution in [3.05, 3.63) is 18.6 Å². The van der Waals surface area contributed by atoms with E-state index in [4.69, 9.17) is 0 Å². The largest absolute Gasteiger partial charge is 0.356 e. The maximum atomic E-state index is 4.54. The Balaban J connectivity index is 1.79. The molecule has 0 spiro atoms. The lowest BCUT2D eigenvalue weighted by Crippen LogP contribution is -2.43. The third-order valence-corrected chi connectivity index (χ3v) is 5.46. The van der Waals surface area contributed by atoms with Crippen molar-refractivity contribution < 1.29 is 0 Å². The van der Waals surface area contributed by atoms with Crippen molar-refractivity contribution in [2.75, 3.05) is 31.6 Å². The molecule has 1 aliphatic heterocycles. The van der Waals surface area contributed by atoms with E-state index >= 15 is 0 Å². The van der Waals surface area contributed by atoms with Crippen molar-refractivity contribution in [1.29, 1.82) is 0 Å². The van der Waals surface area contributed by atoms with Crippen molar-refractivity contribution in [1.82, 2.24) is 19.9 Å². The average Bonchev–Trinajstić information content (AvgIpc) is 3.15. The molecule has 1 aliphatic rings. The lowest BCUT2D eigenvalue weighted by Gasteiger charge is -2.37. The molecule has 1 saturated heterocycles. The van der Waals surface area contributed by atoms with Gasteiger partial charge in [0.2, 0.25) is 0 Å². The van der Waals surface area contributed by atoms with Gasteiger partial charge in [-0.05, 0) is 52.3 Å². The first-order valence-electron chi connectivity index (χ1n) is 8.44. The van der Waals surface area contributed by atoms with Gasteiger partial charge in [0, 0.05) is 24.8 Å². The van der Waals surface area contributed by atoms with Crippen LogP contribution in [0.4, 0.5) is 5.82 Å². The molecule has 5 nitrogen and oxygen atoms in total. The molecule has 0 bridgehead atoms. The van der Waals surface area contributed by atoms with Gasteiger partial charge in [0.1, 0.15) is 17.8 Å². The molecule has 2 aromatic rings. The van der Waals surface area contributed by atoms with Crippen LogP contribution in [0.15, 0.2) is 18.6 Å². The summed E-state index contributed by atoms with van der Waals surface area (Å²) in [5.41, 5.74) is 1.30. The molecule has 2 aromatic heterocycles. The fraction of sp³-hybridized carbons (Fsp3) is 0.647. The predicted molar refractivity (Wildman–Crippen MR) is 91.3 cm³/mol. The highest BCUT2D eigenvalue weighted by Crippen LogP contribution is 2.35. The molecule has 0 amide bonds. The number of rotatable bonds is 6. The van der Waals surface area contributed by atoms with Crippen LogP contribution in [-0.4, -0.2) is 52.1 Å². The summed E-state index contributed by atoms with van der Waals surface area (Å²) in [5.74, 6) is 1.06. The molecule has 0 aromatic carbocycles. The number of nitrogens with one attached hydrogen (secondary N) is 1. The summed E-state index contributed by atoms with van der Waals surface area (Å²) in [6.07, 6.45) is 8.67. The molecule has 0 saturated carbocycles. The standard InChI is InChI=1S/C17H27N5/c1-4-17(8-6-11-21(17)3)9-12-22(5-2)16-14-7-10-18-15(14)19-13-20-16/h7,10,13H,4-6,8-9,11-12H2,1-3H3,(H,18,19,20). The Morgan fingerprint density at radius 2 is 2.23 bits per heavy atom. The SMILES string of the molecule is CCN(CCC1(CC)CCCN1C)c1ncnc2[nH]ccc12. The van der Waals surface area contributed by atoms with Gasteiger partial charge in [-0.2, -0.15) is 0 Å². The number of likely N-dealkylation sites (tertiary alicyclic amines) is 1. The molecule has 1 fully saturated rings. The zero-order valence-corrected chi connectivity index (χ0v) is 14.0. The predicted octanol–water partition coefficient (Wildman–Crippen LogP) is 3.05. The normalized spacial score (nSPS) is 22.5. The maximum absolute atomic E-state index is 4.54. The Kier molecular flexibility index (Phi) is 4.34. The van der Waals surface area contributed by atoms with Crippen molar-refractivity contribution in [2.24, 2.45) is 0 Å². The molecule has 120 valence electrons. The van der Waals surface area contributed by atoms with E-state index in [-0.39, 0.29) is 0 Å². The molecular formula is C17H27N5. The number of aromatic nitrogens is 3. The number of aromatic amines is 1. The van der Waals surface area contributed by atoms with E-state index in [2.05, 4.69) is 51.7 Å². The number of H-pyrrole nitrogens is 1. The highest BCUT2D eigenvalue weighted by Gasteiger charge is 2.36. The number of nitrogens with zero attached hydrogens (tertiary/aromatic N) is 4. The highest BCUT2D eigenvalue weighted by molar-refractivity contribution is 5.87. The summed E-state index contributed by atoms with van der Waals surface area (Å²) in [4.78, 5) is 17.0. The zero-order valence-electron chi connectivity index (χ0n) is 14.0. The van der Waals surface area contributed by atoms with Crippen LogP contribution in [0.1, 0.15) is 39.5 Å². The zero-order chi connectivity index (χ0) is 15.6. The molecule has 0 radical (unpaired) electrons. The molecular weight excluding hydrogens is 274 g/mol. The number of anilines is 1. The second-order valence-corrected chi connectivity index (χ2v) is 6.37. The first-order valence-corrected chi connectivity index (χ1v) is 8.44. The van der Waals surface area contributed by atoms with E-state index in [1.165, 1.54) is 32.2 Å². The van der Waals surface area contributed by atoms with Crippen LogP contribution in [0.3, 0.4) is 0 Å². The summed E-state index contributed by atoms with van der Waals surface area (Å²) < 4.78 is 0. The van der Waals surface area contributed by atoms with Crippen LogP contribution in [-0.2, 0) is 0 Å².